The number of hydrogen-bond donors (Lipinski definition) is 8. The minimum absolute atomic E-state index is 0.0398. The Labute approximate surface area is 250 Å². The zero-order valence-corrected chi connectivity index (χ0v) is 24.6. The molecule has 0 radical (unpaired) electrons. The van der Waals surface area contributed by atoms with Crippen molar-refractivity contribution in [2.75, 3.05) is 6.54 Å². The molecule has 0 heterocycles. The molecule has 5 amide bonds. The van der Waals surface area contributed by atoms with E-state index >= 15 is 0 Å². The molecule has 2 rings (SSSR count). The summed E-state index contributed by atoms with van der Waals surface area (Å²) in [5.74, 6) is -3.44. The monoisotopic (exact) mass is 598 g/mol. The molecule has 13 nitrogen and oxygen atoms in total. The Bertz CT molecular complexity index is 1240. The molecule has 0 aliphatic heterocycles. The Morgan fingerprint density at radius 1 is 0.767 bits per heavy atom. The number of primary amides is 1. The summed E-state index contributed by atoms with van der Waals surface area (Å²) in [7, 11) is 0. The largest absolute Gasteiger partial charge is 0.508 e. The summed E-state index contributed by atoms with van der Waals surface area (Å²) >= 11 is 0. The summed E-state index contributed by atoms with van der Waals surface area (Å²) in [5, 5.41) is 29.7. The van der Waals surface area contributed by atoms with E-state index < -0.39 is 66.4 Å². The Kier molecular flexibility index (Phi) is 13.6. The van der Waals surface area contributed by atoms with E-state index in [0.717, 1.165) is 0 Å². The van der Waals surface area contributed by atoms with Crippen molar-refractivity contribution in [1.82, 2.24) is 21.3 Å². The molecule has 0 saturated carbocycles. The van der Waals surface area contributed by atoms with Gasteiger partial charge in [0.15, 0.2) is 0 Å². The number of nitrogens with one attached hydrogen (secondary N) is 4. The maximum absolute atomic E-state index is 13.2. The van der Waals surface area contributed by atoms with E-state index in [9.17, 15) is 34.2 Å². The molecule has 10 N–H and O–H groups in total. The maximum atomic E-state index is 13.2. The van der Waals surface area contributed by atoms with Crippen molar-refractivity contribution >= 4 is 29.5 Å². The number of phenolic OH excluding ortho intramolecular Hbond substituents is 1. The van der Waals surface area contributed by atoms with E-state index in [0.29, 0.717) is 17.5 Å². The van der Waals surface area contributed by atoms with Gasteiger partial charge in [0.1, 0.15) is 23.9 Å². The molecule has 43 heavy (non-hydrogen) atoms. The molecule has 0 fully saturated rings. The first-order chi connectivity index (χ1) is 20.3. The highest BCUT2D eigenvalue weighted by molar-refractivity contribution is 5.95. The quantitative estimate of drug-likeness (QED) is 0.119. The number of benzene rings is 2. The number of aromatic hydroxyl groups is 1. The fourth-order valence-corrected chi connectivity index (χ4v) is 4.22. The maximum Gasteiger partial charge on any atom is 0.245 e. The Balaban J connectivity index is 2.10. The van der Waals surface area contributed by atoms with Crippen LogP contribution in [0.2, 0.25) is 0 Å². The van der Waals surface area contributed by atoms with Gasteiger partial charge < -0.3 is 42.9 Å². The lowest BCUT2D eigenvalue weighted by Crippen LogP contribution is -2.60. The van der Waals surface area contributed by atoms with Crippen LogP contribution in [0.3, 0.4) is 0 Å². The topological polar surface area (TPSA) is 226 Å². The molecule has 2 aromatic rings. The van der Waals surface area contributed by atoms with E-state index in [4.69, 9.17) is 11.5 Å². The third kappa shape index (κ3) is 12.1. The van der Waals surface area contributed by atoms with E-state index in [-0.39, 0.29) is 24.5 Å². The Morgan fingerprint density at radius 3 is 1.93 bits per heavy atom. The molecule has 0 spiro atoms. The summed E-state index contributed by atoms with van der Waals surface area (Å²) in [6.45, 7) is 4.56. The molecule has 0 bridgehead atoms. The van der Waals surface area contributed by atoms with E-state index in [1.54, 1.807) is 42.5 Å². The number of aliphatic hydroxyl groups is 1. The minimum atomic E-state index is -1.44. The van der Waals surface area contributed by atoms with Crippen molar-refractivity contribution in [3.8, 4) is 5.75 Å². The molecule has 5 atom stereocenters. The second-order valence-corrected chi connectivity index (χ2v) is 10.8. The number of amides is 5. The minimum Gasteiger partial charge on any atom is -0.508 e. The number of hydrogen-bond acceptors (Lipinski definition) is 8. The van der Waals surface area contributed by atoms with Crippen LogP contribution in [0.5, 0.6) is 5.75 Å². The fourth-order valence-electron chi connectivity index (χ4n) is 4.22. The molecule has 0 aliphatic rings. The first kappa shape index (κ1) is 34.7. The molecular weight excluding hydrogens is 556 g/mol. The van der Waals surface area contributed by atoms with Crippen LogP contribution >= 0.6 is 0 Å². The van der Waals surface area contributed by atoms with E-state index in [1.807, 2.05) is 13.8 Å². The standard InChI is InChI=1S/C30H42N6O7/c1-17(2)13-23(27(32)40)34-25(39)16-33-29(42)24(15-19-7-5-4-6-8-19)35-30(43)26(18(3)37)36-28(41)22(31)14-20-9-11-21(38)12-10-20/h4-12,17-18,22-24,26,37-38H,13-16,31H2,1-3H3,(H2,32,40)(H,33,42)(H,34,39)(H,35,43)(H,36,41). The molecule has 5 unspecified atom stereocenters. The first-order valence-electron chi connectivity index (χ1n) is 14.0. The Morgan fingerprint density at radius 2 is 1.37 bits per heavy atom. The van der Waals surface area contributed by atoms with Crippen LogP contribution in [0.1, 0.15) is 38.3 Å². The van der Waals surface area contributed by atoms with Crippen molar-refractivity contribution in [3.63, 3.8) is 0 Å². The summed E-state index contributed by atoms with van der Waals surface area (Å²) in [5.41, 5.74) is 12.8. The van der Waals surface area contributed by atoms with Crippen LogP contribution in [0, 0.1) is 5.92 Å². The highest BCUT2D eigenvalue weighted by atomic mass is 16.3. The van der Waals surface area contributed by atoms with Crippen LogP contribution in [-0.2, 0) is 36.8 Å². The predicted molar refractivity (Wildman–Crippen MR) is 159 cm³/mol. The number of carbonyl (C=O) groups is 5. The molecule has 0 aliphatic carbocycles. The third-order valence-electron chi connectivity index (χ3n) is 6.52. The van der Waals surface area contributed by atoms with Crippen LogP contribution in [0.4, 0.5) is 0 Å². The van der Waals surface area contributed by atoms with Crippen molar-refractivity contribution < 1.29 is 34.2 Å². The normalized spacial score (nSPS) is 14.5. The summed E-state index contributed by atoms with van der Waals surface area (Å²) in [6, 6.07) is 10.3. The van der Waals surface area contributed by atoms with Gasteiger partial charge in [0, 0.05) is 6.42 Å². The zero-order valence-electron chi connectivity index (χ0n) is 24.6. The van der Waals surface area contributed by atoms with Crippen molar-refractivity contribution in [1.29, 1.82) is 0 Å². The van der Waals surface area contributed by atoms with Gasteiger partial charge in [-0.05, 0) is 48.9 Å². The van der Waals surface area contributed by atoms with Gasteiger partial charge in [-0.2, -0.15) is 0 Å². The van der Waals surface area contributed by atoms with Crippen LogP contribution in [-0.4, -0.2) is 76.6 Å². The number of rotatable bonds is 16. The highest BCUT2D eigenvalue weighted by Gasteiger charge is 2.31. The van der Waals surface area contributed by atoms with Crippen molar-refractivity contribution in [2.45, 2.75) is 70.3 Å². The Hall–Kier alpha value is -4.49. The van der Waals surface area contributed by atoms with Gasteiger partial charge in [-0.3, -0.25) is 24.0 Å². The second kappa shape index (κ2) is 16.8. The van der Waals surface area contributed by atoms with Crippen LogP contribution < -0.4 is 32.7 Å². The highest BCUT2D eigenvalue weighted by Crippen LogP contribution is 2.11. The number of nitrogens with two attached hydrogens (primary N) is 2. The van der Waals surface area contributed by atoms with Gasteiger partial charge in [-0.1, -0.05) is 56.3 Å². The molecular formula is C30H42N6O7. The first-order valence-corrected chi connectivity index (χ1v) is 14.0. The second-order valence-electron chi connectivity index (χ2n) is 10.8. The average molecular weight is 599 g/mol. The van der Waals surface area contributed by atoms with Gasteiger partial charge in [0.25, 0.3) is 0 Å². The number of carbonyl (C=O) groups excluding carboxylic acids is 5. The van der Waals surface area contributed by atoms with Crippen molar-refractivity contribution in [2.24, 2.45) is 17.4 Å². The zero-order chi connectivity index (χ0) is 32.1. The van der Waals surface area contributed by atoms with E-state index in [1.165, 1.54) is 19.1 Å². The number of aliphatic hydroxyl groups excluding tert-OH is 1. The van der Waals surface area contributed by atoms with Gasteiger partial charge in [-0.25, -0.2) is 0 Å². The molecule has 0 aromatic heterocycles. The van der Waals surface area contributed by atoms with Gasteiger partial charge in [-0.15, -0.1) is 0 Å². The lowest BCUT2D eigenvalue weighted by atomic mass is 10.0. The van der Waals surface area contributed by atoms with Gasteiger partial charge in [0.2, 0.25) is 29.5 Å². The van der Waals surface area contributed by atoms with Crippen molar-refractivity contribution in [3.05, 3.63) is 65.7 Å². The molecule has 234 valence electrons. The third-order valence-corrected chi connectivity index (χ3v) is 6.52. The molecule has 2 aromatic carbocycles. The lowest BCUT2D eigenvalue weighted by molar-refractivity contribution is -0.135. The average Bonchev–Trinajstić information content (AvgIpc) is 2.94. The summed E-state index contributed by atoms with van der Waals surface area (Å²) in [4.78, 5) is 63.3. The molecule has 0 saturated heterocycles. The molecule has 13 heteroatoms. The van der Waals surface area contributed by atoms with Crippen LogP contribution in [0.15, 0.2) is 54.6 Å². The van der Waals surface area contributed by atoms with E-state index in [2.05, 4.69) is 21.3 Å². The summed E-state index contributed by atoms with van der Waals surface area (Å²) in [6.07, 6.45) is -0.872. The predicted octanol–water partition coefficient (Wildman–Crippen LogP) is -1.01. The van der Waals surface area contributed by atoms with Gasteiger partial charge >= 0.3 is 0 Å². The lowest BCUT2D eigenvalue weighted by Gasteiger charge is -2.26. The summed E-state index contributed by atoms with van der Waals surface area (Å²) < 4.78 is 0. The van der Waals surface area contributed by atoms with Gasteiger partial charge in [0.05, 0.1) is 18.7 Å². The fraction of sp³-hybridized carbons (Fsp3) is 0.433. The SMILES string of the molecule is CC(C)CC(NC(=O)CNC(=O)C(Cc1ccccc1)NC(=O)C(NC(=O)C(N)Cc1ccc(O)cc1)C(C)O)C(N)=O. The van der Waals surface area contributed by atoms with Crippen LogP contribution in [0.25, 0.3) is 0 Å². The smallest absolute Gasteiger partial charge is 0.245 e. The number of phenols is 1.